The van der Waals surface area contributed by atoms with Gasteiger partial charge in [0, 0.05) is 17.1 Å². The standard InChI is InChI=1S/C22H33N3S2/c1-5-6-13-24(4)14-9-15-25(17-20-12-8-16-27-20)22(26)23-21-18(2)10-7-11-19(21)3/h7-8,10-12,16H,5-6,9,13-15,17H2,1-4H3,(H,23,26). The van der Waals surface area contributed by atoms with E-state index in [-0.39, 0.29) is 0 Å². The third-order valence-electron chi connectivity index (χ3n) is 4.79. The molecule has 0 fully saturated rings. The normalized spacial score (nSPS) is 11.0. The van der Waals surface area contributed by atoms with Crippen molar-refractivity contribution >= 4 is 34.4 Å². The number of para-hydroxylation sites is 1. The van der Waals surface area contributed by atoms with Crippen molar-refractivity contribution in [2.24, 2.45) is 0 Å². The molecule has 0 saturated carbocycles. The number of benzene rings is 1. The molecule has 27 heavy (non-hydrogen) atoms. The topological polar surface area (TPSA) is 18.5 Å². The van der Waals surface area contributed by atoms with Crippen molar-refractivity contribution in [3.63, 3.8) is 0 Å². The molecule has 5 heteroatoms. The van der Waals surface area contributed by atoms with Crippen LogP contribution in [0.1, 0.15) is 42.2 Å². The van der Waals surface area contributed by atoms with E-state index in [1.807, 2.05) is 0 Å². The van der Waals surface area contributed by atoms with Crippen molar-refractivity contribution in [3.8, 4) is 0 Å². The van der Waals surface area contributed by atoms with E-state index in [0.717, 1.165) is 36.9 Å². The predicted molar refractivity (Wildman–Crippen MR) is 124 cm³/mol. The first kappa shape index (κ1) is 21.9. The van der Waals surface area contributed by atoms with Gasteiger partial charge in [0.05, 0.1) is 6.54 Å². The molecule has 0 radical (unpaired) electrons. The summed E-state index contributed by atoms with van der Waals surface area (Å²) in [5, 5.41) is 6.46. The van der Waals surface area contributed by atoms with Gasteiger partial charge in [-0.1, -0.05) is 37.6 Å². The van der Waals surface area contributed by atoms with Crippen LogP contribution in [0.3, 0.4) is 0 Å². The molecule has 0 spiro atoms. The zero-order valence-electron chi connectivity index (χ0n) is 17.1. The Hall–Kier alpha value is -1.43. The van der Waals surface area contributed by atoms with Crippen LogP contribution in [0.25, 0.3) is 0 Å². The van der Waals surface area contributed by atoms with Crippen molar-refractivity contribution < 1.29 is 0 Å². The van der Waals surface area contributed by atoms with Gasteiger partial charge in [0.25, 0.3) is 0 Å². The number of hydrogen-bond acceptors (Lipinski definition) is 3. The fraction of sp³-hybridized carbons (Fsp3) is 0.500. The summed E-state index contributed by atoms with van der Waals surface area (Å²) in [5.74, 6) is 0. The summed E-state index contributed by atoms with van der Waals surface area (Å²) < 4.78 is 0. The summed E-state index contributed by atoms with van der Waals surface area (Å²) in [6.45, 7) is 10.6. The zero-order chi connectivity index (χ0) is 19.6. The summed E-state index contributed by atoms with van der Waals surface area (Å²) in [7, 11) is 2.21. The Kier molecular flexibility index (Phi) is 9.25. The first-order chi connectivity index (χ1) is 13.0. The van der Waals surface area contributed by atoms with E-state index in [1.165, 1.54) is 35.4 Å². The minimum atomic E-state index is 0.817. The Morgan fingerprint density at radius 3 is 2.37 bits per heavy atom. The van der Waals surface area contributed by atoms with Gasteiger partial charge in [0.1, 0.15) is 0 Å². The molecule has 3 nitrogen and oxygen atoms in total. The van der Waals surface area contributed by atoms with Crippen LogP contribution in [0.15, 0.2) is 35.7 Å². The van der Waals surface area contributed by atoms with Crippen molar-refractivity contribution in [1.29, 1.82) is 0 Å². The second-order valence-electron chi connectivity index (χ2n) is 7.21. The number of thiocarbonyl (C=S) groups is 1. The van der Waals surface area contributed by atoms with Gasteiger partial charge in [-0.15, -0.1) is 11.3 Å². The molecule has 1 N–H and O–H groups in total. The first-order valence-corrected chi connectivity index (χ1v) is 11.1. The highest BCUT2D eigenvalue weighted by atomic mass is 32.1. The second kappa shape index (κ2) is 11.4. The largest absolute Gasteiger partial charge is 0.344 e. The first-order valence-electron chi connectivity index (χ1n) is 9.84. The average Bonchev–Trinajstić information content (AvgIpc) is 3.15. The lowest BCUT2D eigenvalue weighted by Crippen LogP contribution is -2.36. The summed E-state index contributed by atoms with van der Waals surface area (Å²) in [6.07, 6.45) is 3.63. The molecule has 1 aromatic carbocycles. The monoisotopic (exact) mass is 403 g/mol. The summed E-state index contributed by atoms with van der Waals surface area (Å²) in [4.78, 5) is 6.08. The maximum absolute atomic E-state index is 5.80. The van der Waals surface area contributed by atoms with Gasteiger partial charge in [0.15, 0.2) is 5.11 Å². The van der Waals surface area contributed by atoms with E-state index in [9.17, 15) is 0 Å². The van der Waals surface area contributed by atoms with Gasteiger partial charge in [-0.3, -0.25) is 0 Å². The Morgan fingerprint density at radius 2 is 1.74 bits per heavy atom. The van der Waals surface area contributed by atoms with Crippen molar-refractivity contribution in [2.75, 3.05) is 32.0 Å². The molecule has 148 valence electrons. The van der Waals surface area contributed by atoms with Crippen LogP contribution in [-0.2, 0) is 6.54 Å². The van der Waals surface area contributed by atoms with E-state index < -0.39 is 0 Å². The van der Waals surface area contributed by atoms with Gasteiger partial charge in [-0.05, 0) is 81.6 Å². The molecule has 2 rings (SSSR count). The van der Waals surface area contributed by atoms with Crippen LogP contribution < -0.4 is 5.32 Å². The van der Waals surface area contributed by atoms with Crippen LogP contribution in [0.4, 0.5) is 5.69 Å². The van der Waals surface area contributed by atoms with Crippen molar-refractivity contribution in [3.05, 3.63) is 51.7 Å². The van der Waals surface area contributed by atoms with Crippen LogP contribution in [-0.4, -0.2) is 41.6 Å². The minimum Gasteiger partial charge on any atom is -0.344 e. The molecule has 0 aliphatic heterocycles. The number of thiophene rings is 1. The molecule has 0 saturated heterocycles. The van der Waals surface area contributed by atoms with Gasteiger partial charge < -0.3 is 15.1 Å². The molecule has 0 atom stereocenters. The van der Waals surface area contributed by atoms with Crippen LogP contribution in [0, 0.1) is 13.8 Å². The van der Waals surface area contributed by atoms with Crippen molar-refractivity contribution in [1.82, 2.24) is 9.80 Å². The highest BCUT2D eigenvalue weighted by Gasteiger charge is 2.13. The van der Waals surface area contributed by atoms with Gasteiger partial charge in [0.2, 0.25) is 0 Å². The number of hydrogen-bond donors (Lipinski definition) is 1. The molecule has 2 aromatic rings. The number of nitrogens with one attached hydrogen (secondary N) is 1. The molecule has 0 bridgehead atoms. The number of unbranched alkanes of at least 4 members (excludes halogenated alkanes) is 1. The Balaban J connectivity index is 1.99. The van der Waals surface area contributed by atoms with Crippen LogP contribution in [0.5, 0.6) is 0 Å². The number of anilines is 1. The fourth-order valence-corrected chi connectivity index (χ4v) is 4.09. The Morgan fingerprint density at radius 1 is 1.04 bits per heavy atom. The number of nitrogens with zero attached hydrogens (tertiary/aromatic N) is 2. The molecule has 0 aliphatic carbocycles. The van der Waals surface area contributed by atoms with Gasteiger partial charge in [-0.25, -0.2) is 0 Å². The SMILES string of the molecule is CCCCN(C)CCCN(Cc1cccs1)C(=S)Nc1c(C)cccc1C. The molecule has 0 unspecified atom stereocenters. The summed E-state index contributed by atoms with van der Waals surface area (Å²) in [5.41, 5.74) is 3.60. The van der Waals surface area contributed by atoms with Crippen molar-refractivity contribution in [2.45, 2.75) is 46.6 Å². The number of aryl methyl sites for hydroxylation is 2. The highest BCUT2D eigenvalue weighted by molar-refractivity contribution is 7.80. The second-order valence-corrected chi connectivity index (χ2v) is 8.63. The molecular formula is C22H33N3S2. The Labute approximate surface area is 174 Å². The molecule has 1 aromatic heterocycles. The average molecular weight is 404 g/mol. The number of rotatable bonds is 10. The fourth-order valence-electron chi connectivity index (χ4n) is 3.11. The molecule has 1 heterocycles. The van der Waals surface area contributed by atoms with Gasteiger partial charge >= 0.3 is 0 Å². The van der Waals surface area contributed by atoms with E-state index in [4.69, 9.17) is 12.2 Å². The maximum atomic E-state index is 5.80. The zero-order valence-corrected chi connectivity index (χ0v) is 18.8. The lowest BCUT2D eigenvalue weighted by atomic mass is 10.1. The maximum Gasteiger partial charge on any atom is 0.173 e. The summed E-state index contributed by atoms with van der Waals surface area (Å²) >= 11 is 7.60. The third-order valence-corrected chi connectivity index (χ3v) is 6.01. The van der Waals surface area contributed by atoms with E-state index in [0.29, 0.717) is 0 Å². The lowest BCUT2D eigenvalue weighted by Gasteiger charge is -2.27. The smallest absolute Gasteiger partial charge is 0.173 e. The molecule has 0 aliphatic rings. The third kappa shape index (κ3) is 7.24. The van der Waals surface area contributed by atoms with Crippen LogP contribution >= 0.6 is 23.6 Å². The summed E-state index contributed by atoms with van der Waals surface area (Å²) in [6, 6.07) is 10.6. The predicted octanol–water partition coefficient (Wildman–Crippen LogP) is 5.69. The van der Waals surface area contributed by atoms with Crippen LogP contribution in [0.2, 0.25) is 0 Å². The lowest BCUT2D eigenvalue weighted by molar-refractivity contribution is 0.300. The van der Waals surface area contributed by atoms with E-state index in [2.05, 4.69) is 78.6 Å². The molecule has 0 amide bonds. The van der Waals surface area contributed by atoms with E-state index >= 15 is 0 Å². The highest BCUT2D eigenvalue weighted by Crippen LogP contribution is 2.21. The quantitative estimate of drug-likeness (QED) is 0.514. The van der Waals surface area contributed by atoms with E-state index in [1.54, 1.807) is 11.3 Å². The molecular weight excluding hydrogens is 370 g/mol. The van der Waals surface area contributed by atoms with Gasteiger partial charge in [-0.2, -0.15) is 0 Å². The minimum absolute atomic E-state index is 0.817. The Bertz CT molecular complexity index is 677.